The highest BCUT2D eigenvalue weighted by molar-refractivity contribution is 5.91. The maximum Gasteiger partial charge on any atom is 0.289 e. The molecule has 2 atom stereocenters. The van der Waals surface area contributed by atoms with Crippen molar-refractivity contribution < 1.29 is 18.7 Å². The Balaban J connectivity index is 1.65. The van der Waals surface area contributed by atoms with Crippen molar-refractivity contribution in [3.63, 3.8) is 0 Å². The topological polar surface area (TPSA) is 86.5 Å². The highest BCUT2D eigenvalue weighted by atomic mass is 16.5. The van der Waals surface area contributed by atoms with E-state index in [9.17, 15) is 4.79 Å². The highest BCUT2D eigenvalue weighted by Crippen LogP contribution is 2.17. The summed E-state index contributed by atoms with van der Waals surface area (Å²) in [6.45, 7) is 2.90. The van der Waals surface area contributed by atoms with Gasteiger partial charge in [0.1, 0.15) is 11.9 Å². The van der Waals surface area contributed by atoms with Gasteiger partial charge in [-0.05, 0) is 25.5 Å². The number of oxazole rings is 1. The van der Waals surface area contributed by atoms with Crippen LogP contribution in [0.1, 0.15) is 22.7 Å². The van der Waals surface area contributed by atoms with E-state index < -0.39 is 0 Å². The number of ether oxygens (including phenoxy) is 2. The van der Waals surface area contributed by atoms with Crippen LogP contribution in [0.4, 0.5) is 0 Å². The number of hydrogen-bond acceptors (Lipinski definition) is 6. The van der Waals surface area contributed by atoms with Crippen LogP contribution in [0.3, 0.4) is 0 Å². The molecule has 2 aromatic rings. The molecule has 7 nitrogen and oxygen atoms in total. The first-order valence-electron chi connectivity index (χ1n) is 7.09. The molecule has 1 aliphatic heterocycles. The van der Waals surface area contributed by atoms with Gasteiger partial charge >= 0.3 is 0 Å². The lowest BCUT2D eigenvalue weighted by molar-refractivity contribution is -0.0138. The molecular weight excluding hydrogens is 286 g/mol. The molecule has 2 aromatic heterocycles. The van der Waals surface area contributed by atoms with Gasteiger partial charge in [0, 0.05) is 12.3 Å². The second-order valence-electron chi connectivity index (χ2n) is 5.10. The predicted molar refractivity (Wildman–Crippen MR) is 76.6 cm³/mol. The number of nitrogens with one attached hydrogen (secondary N) is 1. The predicted octanol–water partition coefficient (Wildman–Crippen LogP) is 1.34. The Hall–Kier alpha value is -2.41. The van der Waals surface area contributed by atoms with E-state index in [4.69, 9.17) is 13.9 Å². The van der Waals surface area contributed by atoms with Gasteiger partial charge in [0.25, 0.3) is 5.91 Å². The van der Waals surface area contributed by atoms with Crippen LogP contribution in [0, 0.1) is 6.92 Å². The van der Waals surface area contributed by atoms with Crippen molar-refractivity contribution >= 4 is 5.91 Å². The molecule has 116 valence electrons. The van der Waals surface area contributed by atoms with Gasteiger partial charge in [0.05, 0.1) is 25.0 Å². The summed E-state index contributed by atoms with van der Waals surface area (Å²) in [5, 5.41) is 2.90. The third-order valence-electron chi connectivity index (χ3n) is 3.45. The molecule has 0 unspecified atom stereocenters. The Morgan fingerprint density at radius 3 is 3.05 bits per heavy atom. The molecule has 3 rings (SSSR count). The number of aromatic nitrogens is 2. The van der Waals surface area contributed by atoms with Gasteiger partial charge in [-0.15, -0.1) is 0 Å². The van der Waals surface area contributed by atoms with Gasteiger partial charge in [-0.2, -0.15) is 0 Å². The fourth-order valence-electron chi connectivity index (χ4n) is 2.26. The van der Waals surface area contributed by atoms with Crippen LogP contribution in [-0.2, 0) is 4.74 Å². The van der Waals surface area contributed by atoms with E-state index in [1.54, 1.807) is 6.20 Å². The Kier molecular flexibility index (Phi) is 4.34. The number of amides is 1. The fraction of sp³-hybridized carbons (Fsp3) is 0.400. The molecule has 0 radical (unpaired) electrons. The first-order chi connectivity index (χ1) is 10.7. The summed E-state index contributed by atoms with van der Waals surface area (Å²) in [6.07, 6.45) is 4.67. The van der Waals surface area contributed by atoms with Crippen LogP contribution in [0.5, 0.6) is 5.75 Å². The summed E-state index contributed by atoms with van der Waals surface area (Å²) in [6, 6.07) is 3.57. The highest BCUT2D eigenvalue weighted by Gasteiger charge is 2.30. The Morgan fingerprint density at radius 1 is 1.41 bits per heavy atom. The van der Waals surface area contributed by atoms with Crippen molar-refractivity contribution in [3.8, 4) is 5.75 Å². The minimum absolute atomic E-state index is 0.160. The Labute approximate surface area is 127 Å². The molecule has 1 saturated heterocycles. The molecule has 1 amide bonds. The zero-order valence-electron chi connectivity index (χ0n) is 12.2. The number of rotatable bonds is 4. The lowest BCUT2D eigenvalue weighted by Crippen LogP contribution is -2.51. The molecule has 1 N–H and O–H groups in total. The van der Waals surface area contributed by atoms with E-state index in [1.807, 2.05) is 19.1 Å². The molecular formula is C15H17N3O4. The summed E-state index contributed by atoms with van der Waals surface area (Å²) in [5.41, 5.74) is 0.919. The van der Waals surface area contributed by atoms with Crippen molar-refractivity contribution in [2.24, 2.45) is 0 Å². The van der Waals surface area contributed by atoms with Crippen molar-refractivity contribution in [3.05, 3.63) is 42.4 Å². The molecule has 0 bridgehead atoms. The zero-order valence-corrected chi connectivity index (χ0v) is 12.2. The Bertz CT molecular complexity index is 612. The average Bonchev–Trinajstić information content (AvgIpc) is 3.06. The summed E-state index contributed by atoms with van der Waals surface area (Å²) in [4.78, 5) is 20.0. The van der Waals surface area contributed by atoms with Crippen LogP contribution >= 0.6 is 0 Å². The second-order valence-corrected chi connectivity index (χ2v) is 5.10. The number of aryl methyl sites for hydroxylation is 1. The monoisotopic (exact) mass is 303 g/mol. The lowest BCUT2D eigenvalue weighted by Gasteiger charge is -2.32. The van der Waals surface area contributed by atoms with Gasteiger partial charge in [0.2, 0.25) is 5.76 Å². The van der Waals surface area contributed by atoms with E-state index in [0.717, 1.165) is 5.69 Å². The van der Waals surface area contributed by atoms with Crippen LogP contribution in [0.25, 0.3) is 0 Å². The first-order valence-corrected chi connectivity index (χ1v) is 7.09. The number of carbonyl (C=O) groups is 1. The number of hydrogen-bond donors (Lipinski definition) is 1. The van der Waals surface area contributed by atoms with Crippen molar-refractivity contribution in [1.29, 1.82) is 0 Å². The van der Waals surface area contributed by atoms with Gasteiger partial charge in [-0.3, -0.25) is 9.78 Å². The molecule has 7 heteroatoms. The van der Waals surface area contributed by atoms with E-state index in [2.05, 4.69) is 15.3 Å². The fourth-order valence-corrected chi connectivity index (χ4v) is 2.26. The van der Waals surface area contributed by atoms with Crippen molar-refractivity contribution in [2.75, 3.05) is 13.2 Å². The molecule has 0 saturated carbocycles. The summed E-state index contributed by atoms with van der Waals surface area (Å²) in [7, 11) is 0. The number of carbonyl (C=O) groups excluding carboxylic acids is 1. The summed E-state index contributed by atoms with van der Waals surface area (Å²) >= 11 is 0. The van der Waals surface area contributed by atoms with Crippen molar-refractivity contribution in [2.45, 2.75) is 25.5 Å². The Morgan fingerprint density at radius 2 is 2.32 bits per heavy atom. The van der Waals surface area contributed by atoms with Crippen LogP contribution < -0.4 is 10.1 Å². The van der Waals surface area contributed by atoms with Crippen molar-refractivity contribution in [1.82, 2.24) is 15.3 Å². The van der Waals surface area contributed by atoms with E-state index >= 15 is 0 Å². The summed E-state index contributed by atoms with van der Waals surface area (Å²) < 4.78 is 16.3. The average molecular weight is 303 g/mol. The lowest BCUT2D eigenvalue weighted by atomic mass is 10.1. The van der Waals surface area contributed by atoms with Crippen LogP contribution in [-0.4, -0.2) is 41.2 Å². The third kappa shape index (κ3) is 3.43. The van der Waals surface area contributed by atoms with E-state index in [0.29, 0.717) is 25.4 Å². The minimum Gasteiger partial charge on any atom is -0.484 e. The molecule has 1 aliphatic rings. The second kappa shape index (κ2) is 6.57. The molecule has 0 aliphatic carbocycles. The SMILES string of the molecule is Cc1ccc(O[C@@H]2COCC[C@@H]2NC(=O)c2cnco2)cn1. The zero-order chi connectivity index (χ0) is 15.4. The molecule has 0 spiro atoms. The maximum absolute atomic E-state index is 12.1. The third-order valence-corrected chi connectivity index (χ3v) is 3.45. The van der Waals surface area contributed by atoms with Gasteiger partial charge in [0.15, 0.2) is 6.39 Å². The number of nitrogens with zero attached hydrogens (tertiary/aromatic N) is 2. The van der Waals surface area contributed by atoms with Crippen LogP contribution in [0.2, 0.25) is 0 Å². The van der Waals surface area contributed by atoms with E-state index in [1.165, 1.54) is 12.6 Å². The quantitative estimate of drug-likeness (QED) is 0.917. The molecule has 3 heterocycles. The van der Waals surface area contributed by atoms with Crippen LogP contribution in [0.15, 0.2) is 35.3 Å². The smallest absolute Gasteiger partial charge is 0.289 e. The van der Waals surface area contributed by atoms with Gasteiger partial charge < -0.3 is 19.2 Å². The largest absolute Gasteiger partial charge is 0.484 e. The van der Waals surface area contributed by atoms with E-state index in [-0.39, 0.29) is 23.8 Å². The minimum atomic E-state index is -0.306. The molecule has 22 heavy (non-hydrogen) atoms. The molecule has 0 aromatic carbocycles. The number of pyridine rings is 1. The first kappa shape index (κ1) is 14.5. The van der Waals surface area contributed by atoms with Gasteiger partial charge in [-0.25, -0.2) is 4.98 Å². The van der Waals surface area contributed by atoms with Gasteiger partial charge in [-0.1, -0.05) is 0 Å². The normalized spacial score (nSPS) is 21.3. The maximum atomic E-state index is 12.1. The summed E-state index contributed by atoms with van der Waals surface area (Å²) in [5.74, 6) is 0.530. The standard InChI is InChI=1S/C15H17N3O4/c1-10-2-3-11(6-17-10)22-14-8-20-5-4-12(14)18-15(19)13-7-16-9-21-13/h2-3,6-7,9,12,14H,4-5,8H2,1H3,(H,18,19)/t12-,14+/m0/s1. The molecule has 1 fully saturated rings.